The first-order valence-electron chi connectivity index (χ1n) is 4.67. The predicted molar refractivity (Wildman–Crippen MR) is 61.2 cm³/mol. The molecule has 1 N–H and O–H groups in total. The first kappa shape index (κ1) is 12.9. The van der Waals surface area contributed by atoms with Gasteiger partial charge in [-0.15, -0.1) is 0 Å². The fourth-order valence-electron chi connectivity index (χ4n) is 0.589. The molecule has 0 fully saturated rings. The molecule has 0 aliphatic carbocycles. The molecule has 14 heavy (non-hydrogen) atoms. The summed E-state index contributed by atoms with van der Waals surface area (Å²) in [5.41, 5.74) is 1.17. The Hall–Kier alpha value is -1.12. The third-order valence-electron chi connectivity index (χ3n) is 1.78. The van der Waals surface area contributed by atoms with Gasteiger partial charge in [-0.2, -0.15) is 5.06 Å². The van der Waals surface area contributed by atoms with Crippen LogP contribution in [0.4, 0.5) is 0 Å². The molecule has 0 amide bonds. The van der Waals surface area contributed by atoms with Gasteiger partial charge in [-0.05, 0) is 19.4 Å². The van der Waals surface area contributed by atoms with Crippen LogP contribution in [-0.4, -0.2) is 23.4 Å². The number of hydrogen-bond donors (Lipinski definition) is 1. The number of rotatable bonds is 2. The summed E-state index contributed by atoms with van der Waals surface area (Å²) in [5.74, 6) is 0. The molecule has 1 aromatic carbocycles. The third-order valence-corrected chi connectivity index (χ3v) is 1.78. The third kappa shape index (κ3) is 6.40. The maximum atomic E-state index is 8.46. The summed E-state index contributed by atoms with van der Waals surface area (Å²) >= 11 is 0. The highest BCUT2D eigenvalue weighted by Gasteiger charge is 1.92. The summed E-state index contributed by atoms with van der Waals surface area (Å²) in [6.45, 7) is 7.46. The molecule has 0 aliphatic heterocycles. The van der Waals surface area contributed by atoms with Crippen molar-refractivity contribution in [2.24, 2.45) is 0 Å². The Morgan fingerprint density at radius 1 is 1.29 bits per heavy atom. The highest BCUT2D eigenvalue weighted by molar-refractivity contribution is 5.45. The largest absolute Gasteiger partial charge is 0.314 e. The predicted octanol–water partition coefficient (Wildman–Crippen LogP) is 3.05. The average Bonchev–Trinajstić information content (AvgIpc) is 2.20. The molecular formula is C12H19NO. The van der Waals surface area contributed by atoms with Gasteiger partial charge in [0.05, 0.1) is 0 Å². The number of nitrogens with zero attached hydrogens (tertiary/aromatic N) is 1. The van der Waals surface area contributed by atoms with Crippen molar-refractivity contribution in [1.29, 1.82) is 0 Å². The first-order chi connectivity index (χ1) is 6.57. The van der Waals surface area contributed by atoms with Crippen molar-refractivity contribution in [2.75, 3.05) is 7.05 Å². The molecule has 0 heterocycles. The van der Waals surface area contributed by atoms with Gasteiger partial charge < -0.3 is 5.21 Å². The smallest absolute Gasteiger partial charge is 0.0290 e. The fraction of sp³-hybridized carbons (Fsp3) is 0.333. The van der Waals surface area contributed by atoms with E-state index in [4.69, 9.17) is 5.21 Å². The lowest BCUT2D eigenvalue weighted by atomic mass is 10.2. The maximum absolute atomic E-state index is 8.46. The normalized spacial score (nSPS) is 9.57. The zero-order valence-corrected chi connectivity index (χ0v) is 9.14. The minimum atomic E-state index is 0.241. The van der Waals surface area contributed by atoms with E-state index in [2.05, 4.69) is 6.58 Å². The van der Waals surface area contributed by atoms with Crippen LogP contribution in [0.3, 0.4) is 0 Å². The minimum absolute atomic E-state index is 0.241. The first-order valence-corrected chi connectivity index (χ1v) is 4.67. The molecule has 0 bridgehead atoms. The molecule has 0 spiro atoms. The molecule has 78 valence electrons. The Kier molecular flexibility index (Phi) is 6.72. The van der Waals surface area contributed by atoms with E-state index < -0.39 is 0 Å². The van der Waals surface area contributed by atoms with Gasteiger partial charge in [-0.3, -0.25) is 0 Å². The van der Waals surface area contributed by atoms with Crippen LogP contribution in [0.1, 0.15) is 19.4 Å². The van der Waals surface area contributed by atoms with Crippen LogP contribution < -0.4 is 0 Å². The fourth-order valence-corrected chi connectivity index (χ4v) is 0.589. The molecular weight excluding hydrogens is 174 g/mol. The van der Waals surface area contributed by atoms with E-state index in [9.17, 15) is 0 Å². The van der Waals surface area contributed by atoms with Crippen molar-refractivity contribution >= 4 is 6.08 Å². The molecule has 2 heteroatoms. The zero-order valence-electron chi connectivity index (χ0n) is 9.14. The van der Waals surface area contributed by atoms with E-state index in [1.807, 2.05) is 50.3 Å². The summed E-state index contributed by atoms with van der Waals surface area (Å²) in [5, 5.41) is 9.63. The Morgan fingerprint density at radius 2 is 1.71 bits per heavy atom. The molecule has 1 aromatic rings. The summed E-state index contributed by atoms with van der Waals surface area (Å²) in [6, 6.07) is 10.3. The van der Waals surface area contributed by atoms with E-state index in [-0.39, 0.29) is 6.04 Å². The second-order valence-corrected chi connectivity index (χ2v) is 3.28. The van der Waals surface area contributed by atoms with Gasteiger partial charge in [0.2, 0.25) is 0 Å². The summed E-state index contributed by atoms with van der Waals surface area (Å²) < 4.78 is 0. The van der Waals surface area contributed by atoms with E-state index >= 15 is 0 Å². The highest BCUT2D eigenvalue weighted by atomic mass is 16.5. The van der Waals surface area contributed by atoms with Gasteiger partial charge in [0, 0.05) is 13.1 Å². The van der Waals surface area contributed by atoms with Crippen molar-refractivity contribution in [3.8, 4) is 0 Å². The molecule has 0 atom stereocenters. The van der Waals surface area contributed by atoms with E-state index in [0.29, 0.717) is 0 Å². The van der Waals surface area contributed by atoms with Crippen molar-refractivity contribution in [3.63, 3.8) is 0 Å². The second-order valence-electron chi connectivity index (χ2n) is 3.28. The molecule has 0 aromatic heterocycles. The number of benzene rings is 1. The lowest BCUT2D eigenvalue weighted by Gasteiger charge is -2.10. The Labute approximate surface area is 86.4 Å². The van der Waals surface area contributed by atoms with Crippen molar-refractivity contribution in [2.45, 2.75) is 19.9 Å². The molecule has 0 unspecified atom stereocenters. The molecule has 0 radical (unpaired) electrons. The van der Waals surface area contributed by atoms with Gasteiger partial charge in [-0.1, -0.05) is 43.0 Å². The van der Waals surface area contributed by atoms with Crippen LogP contribution in [0.25, 0.3) is 6.08 Å². The monoisotopic (exact) mass is 193 g/mol. The summed E-state index contributed by atoms with van der Waals surface area (Å²) in [7, 11) is 1.63. The standard InChI is InChI=1S/C8H8.C4H11NO/c1-2-8-6-4-3-5-7-8;1-4(2)5(3)6/h2-7H,1H2;4,6H,1-3H3. The van der Waals surface area contributed by atoms with Gasteiger partial charge in [-0.25, -0.2) is 0 Å². The van der Waals surface area contributed by atoms with Crippen LogP contribution in [-0.2, 0) is 0 Å². The average molecular weight is 193 g/mol. The Morgan fingerprint density at radius 3 is 1.93 bits per heavy atom. The van der Waals surface area contributed by atoms with Gasteiger partial charge in [0.15, 0.2) is 0 Å². The molecule has 0 aliphatic rings. The van der Waals surface area contributed by atoms with Crippen LogP contribution in [0.2, 0.25) is 0 Å². The number of hydroxylamine groups is 2. The lowest BCUT2D eigenvalue weighted by molar-refractivity contribution is -0.0912. The summed E-state index contributed by atoms with van der Waals surface area (Å²) in [4.78, 5) is 0. The molecule has 1 rings (SSSR count). The van der Waals surface area contributed by atoms with Crippen LogP contribution in [0.15, 0.2) is 36.9 Å². The number of hydrogen-bond acceptors (Lipinski definition) is 2. The summed E-state index contributed by atoms with van der Waals surface area (Å²) in [6.07, 6.45) is 1.83. The van der Waals surface area contributed by atoms with Crippen molar-refractivity contribution < 1.29 is 5.21 Å². The molecule has 0 saturated carbocycles. The second kappa shape index (κ2) is 7.30. The van der Waals surface area contributed by atoms with E-state index in [1.165, 1.54) is 10.6 Å². The SMILES string of the molecule is C=Cc1ccccc1.CC(C)N(C)O. The van der Waals surface area contributed by atoms with Crippen LogP contribution in [0, 0.1) is 0 Å². The van der Waals surface area contributed by atoms with Gasteiger partial charge in [0.25, 0.3) is 0 Å². The molecule has 0 saturated heterocycles. The zero-order chi connectivity index (χ0) is 11.0. The van der Waals surface area contributed by atoms with Crippen molar-refractivity contribution in [1.82, 2.24) is 5.06 Å². The van der Waals surface area contributed by atoms with Crippen molar-refractivity contribution in [3.05, 3.63) is 42.5 Å². The Bertz CT molecular complexity index is 236. The highest BCUT2D eigenvalue weighted by Crippen LogP contribution is 1.97. The lowest BCUT2D eigenvalue weighted by Crippen LogP contribution is -2.21. The van der Waals surface area contributed by atoms with Crippen LogP contribution >= 0.6 is 0 Å². The topological polar surface area (TPSA) is 23.5 Å². The van der Waals surface area contributed by atoms with E-state index in [1.54, 1.807) is 7.05 Å². The quantitative estimate of drug-likeness (QED) is 0.730. The van der Waals surface area contributed by atoms with Crippen LogP contribution in [0.5, 0.6) is 0 Å². The van der Waals surface area contributed by atoms with E-state index in [0.717, 1.165) is 0 Å². The van der Waals surface area contributed by atoms with Gasteiger partial charge in [0.1, 0.15) is 0 Å². The minimum Gasteiger partial charge on any atom is -0.314 e. The maximum Gasteiger partial charge on any atom is 0.0290 e. The molecule has 2 nitrogen and oxygen atoms in total. The van der Waals surface area contributed by atoms with Gasteiger partial charge >= 0.3 is 0 Å². The Balaban J connectivity index is 0.000000255.